The summed E-state index contributed by atoms with van der Waals surface area (Å²) in [5.74, 6) is -0.257. The molecule has 1 aromatic rings. The highest BCUT2D eigenvalue weighted by Gasteiger charge is 2.38. The van der Waals surface area contributed by atoms with E-state index in [1.54, 1.807) is 18.2 Å². The average Bonchev–Trinajstić information content (AvgIpc) is 2.94. The zero-order valence-electron chi connectivity index (χ0n) is 12.9. The Labute approximate surface area is 149 Å². The van der Waals surface area contributed by atoms with Gasteiger partial charge >= 0.3 is 0 Å². The topological polar surface area (TPSA) is 49.4 Å². The first-order chi connectivity index (χ1) is 11.0. The fraction of sp³-hybridized carbons (Fsp3) is 0.529. The van der Waals surface area contributed by atoms with E-state index in [0.29, 0.717) is 29.7 Å². The van der Waals surface area contributed by atoms with Crippen molar-refractivity contribution >= 4 is 45.0 Å². The molecule has 1 aliphatic carbocycles. The third-order valence-electron chi connectivity index (χ3n) is 4.73. The monoisotopic (exact) mass is 398 g/mol. The molecule has 0 aromatic heterocycles. The molecule has 0 unspecified atom stereocenters. The van der Waals surface area contributed by atoms with Crippen LogP contribution in [-0.2, 0) is 9.59 Å². The van der Waals surface area contributed by atoms with Gasteiger partial charge in [0.1, 0.15) is 0 Å². The molecule has 23 heavy (non-hydrogen) atoms. The Kier molecular flexibility index (Phi) is 5.27. The van der Waals surface area contributed by atoms with Crippen LogP contribution in [0.4, 0.5) is 5.69 Å². The van der Waals surface area contributed by atoms with Crippen molar-refractivity contribution in [3.63, 3.8) is 0 Å². The lowest BCUT2D eigenvalue weighted by Crippen LogP contribution is -2.38. The Morgan fingerprint density at radius 2 is 2.00 bits per heavy atom. The number of likely N-dealkylation sites (tertiary alicyclic amines) is 1. The van der Waals surface area contributed by atoms with E-state index in [1.807, 2.05) is 4.90 Å². The van der Waals surface area contributed by atoms with Crippen molar-refractivity contribution in [3.05, 3.63) is 27.7 Å². The van der Waals surface area contributed by atoms with Gasteiger partial charge in [0, 0.05) is 29.2 Å². The summed E-state index contributed by atoms with van der Waals surface area (Å²) in [6.45, 7) is 0.541. The van der Waals surface area contributed by atoms with E-state index >= 15 is 0 Å². The van der Waals surface area contributed by atoms with E-state index in [9.17, 15) is 9.59 Å². The van der Waals surface area contributed by atoms with E-state index in [-0.39, 0.29) is 17.7 Å². The first-order valence-corrected chi connectivity index (χ1v) is 9.27. The molecular formula is C17H20BrClN2O2. The van der Waals surface area contributed by atoms with Gasteiger partial charge in [0.05, 0.1) is 10.9 Å². The van der Waals surface area contributed by atoms with Gasteiger partial charge in [-0.15, -0.1) is 0 Å². The van der Waals surface area contributed by atoms with Gasteiger partial charge in [-0.1, -0.05) is 30.9 Å². The molecule has 1 heterocycles. The molecule has 1 saturated heterocycles. The van der Waals surface area contributed by atoms with Crippen LogP contribution in [-0.4, -0.2) is 29.3 Å². The Bertz CT molecular complexity index is 617. The van der Waals surface area contributed by atoms with Crippen LogP contribution < -0.4 is 5.32 Å². The van der Waals surface area contributed by atoms with Crippen LogP contribution in [0.2, 0.25) is 5.02 Å². The number of benzene rings is 1. The number of nitrogens with zero attached hydrogens (tertiary/aromatic N) is 1. The standard InChI is InChI=1S/C17H20BrClN2O2/c18-14-7-6-12(9-15(14)19)20-17(23)11-8-16(22)21(10-11)13-4-2-1-3-5-13/h6-7,9,11,13H,1-5,8,10H2,(H,20,23)/t11-/m1/s1. The predicted octanol–water partition coefficient (Wildman–Crippen LogP) is 4.22. The highest BCUT2D eigenvalue weighted by atomic mass is 79.9. The minimum atomic E-state index is -0.271. The smallest absolute Gasteiger partial charge is 0.229 e. The summed E-state index contributed by atoms with van der Waals surface area (Å²) in [5.41, 5.74) is 0.659. The molecule has 2 amide bonds. The molecule has 4 nitrogen and oxygen atoms in total. The number of carbonyl (C=O) groups excluding carboxylic acids is 2. The zero-order chi connectivity index (χ0) is 16.4. The van der Waals surface area contributed by atoms with Gasteiger partial charge in [-0.05, 0) is 47.0 Å². The fourth-order valence-corrected chi connectivity index (χ4v) is 3.90. The van der Waals surface area contributed by atoms with Crippen LogP contribution in [0.3, 0.4) is 0 Å². The van der Waals surface area contributed by atoms with Gasteiger partial charge < -0.3 is 10.2 Å². The minimum Gasteiger partial charge on any atom is -0.339 e. The molecule has 1 N–H and O–H groups in total. The Balaban J connectivity index is 1.61. The third-order valence-corrected chi connectivity index (χ3v) is 5.96. The Hall–Kier alpha value is -1.07. The van der Waals surface area contributed by atoms with Crippen LogP contribution in [0, 0.1) is 5.92 Å². The van der Waals surface area contributed by atoms with Crippen molar-refractivity contribution in [2.45, 2.75) is 44.6 Å². The van der Waals surface area contributed by atoms with Crippen LogP contribution in [0.25, 0.3) is 0 Å². The van der Waals surface area contributed by atoms with Gasteiger partial charge in [-0.3, -0.25) is 9.59 Å². The van der Waals surface area contributed by atoms with E-state index < -0.39 is 0 Å². The number of hydrogen-bond acceptors (Lipinski definition) is 2. The van der Waals surface area contributed by atoms with Crippen LogP contribution in [0.1, 0.15) is 38.5 Å². The van der Waals surface area contributed by atoms with Gasteiger partial charge in [-0.2, -0.15) is 0 Å². The maximum absolute atomic E-state index is 12.4. The summed E-state index contributed by atoms with van der Waals surface area (Å²) in [6.07, 6.45) is 6.08. The molecule has 3 rings (SSSR count). The van der Waals surface area contributed by atoms with Gasteiger partial charge in [-0.25, -0.2) is 0 Å². The van der Waals surface area contributed by atoms with E-state index in [0.717, 1.165) is 17.3 Å². The van der Waals surface area contributed by atoms with Crippen molar-refractivity contribution in [2.24, 2.45) is 5.92 Å². The molecule has 0 radical (unpaired) electrons. The zero-order valence-corrected chi connectivity index (χ0v) is 15.2. The number of nitrogens with one attached hydrogen (secondary N) is 1. The number of amides is 2. The summed E-state index contributed by atoms with van der Waals surface area (Å²) < 4.78 is 0.789. The lowest BCUT2D eigenvalue weighted by atomic mass is 9.94. The summed E-state index contributed by atoms with van der Waals surface area (Å²) in [6, 6.07) is 5.63. The van der Waals surface area contributed by atoms with Crippen LogP contribution in [0.15, 0.2) is 22.7 Å². The summed E-state index contributed by atoms with van der Waals surface area (Å²) in [4.78, 5) is 26.6. The van der Waals surface area contributed by atoms with Crippen molar-refractivity contribution in [1.82, 2.24) is 4.90 Å². The quantitative estimate of drug-likeness (QED) is 0.827. The predicted molar refractivity (Wildman–Crippen MR) is 94.5 cm³/mol. The molecule has 0 spiro atoms. The number of hydrogen-bond donors (Lipinski definition) is 1. The van der Waals surface area contributed by atoms with Gasteiger partial charge in [0.15, 0.2) is 0 Å². The van der Waals surface area contributed by atoms with Crippen molar-refractivity contribution < 1.29 is 9.59 Å². The summed E-state index contributed by atoms with van der Waals surface area (Å²) in [5, 5.41) is 3.42. The van der Waals surface area contributed by atoms with Crippen LogP contribution >= 0.6 is 27.5 Å². The largest absolute Gasteiger partial charge is 0.339 e. The fourth-order valence-electron chi connectivity index (χ4n) is 3.47. The number of rotatable bonds is 3. The SMILES string of the molecule is O=C(Nc1ccc(Br)c(Cl)c1)[C@@H]1CC(=O)N(C2CCCCC2)C1. The Morgan fingerprint density at radius 3 is 2.70 bits per heavy atom. The highest BCUT2D eigenvalue weighted by molar-refractivity contribution is 9.10. The molecule has 1 atom stereocenters. The second-order valence-corrected chi connectivity index (χ2v) is 7.62. The van der Waals surface area contributed by atoms with E-state index in [2.05, 4.69) is 21.2 Å². The van der Waals surface area contributed by atoms with Crippen molar-refractivity contribution in [2.75, 3.05) is 11.9 Å². The molecule has 124 valence electrons. The third kappa shape index (κ3) is 3.89. The van der Waals surface area contributed by atoms with E-state index in [4.69, 9.17) is 11.6 Å². The first kappa shape index (κ1) is 16.8. The maximum atomic E-state index is 12.4. The first-order valence-electron chi connectivity index (χ1n) is 8.10. The molecule has 0 bridgehead atoms. The molecule has 6 heteroatoms. The lowest BCUT2D eigenvalue weighted by Gasteiger charge is -2.31. The highest BCUT2D eigenvalue weighted by Crippen LogP contribution is 2.30. The van der Waals surface area contributed by atoms with Gasteiger partial charge in [0.2, 0.25) is 11.8 Å². The molecule has 1 aliphatic heterocycles. The number of anilines is 1. The van der Waals surface area contributed by atoms with Crippen molar-refractivity contribution in [1.29, 1.82) is 0 Å². The molecule has 2 aliphatic rings. The molecular weight excluding hydrogens is 380 g/mol. The second kappa shape index (κ2) is 7.22. The summed E-state index contributed by atoms with van der Waals surface area (Å²) >= 11 is 9.37. The Morgan fingerprint density at radius 1 is 1.26 bits per heavy atom. The molecule has 2 fully saturated rings. The van der Waals surface area contributed by atoms with Gasteiger partial charge in [0.25, 0.3) is 0 Å². The average molecular weight is 400 g/mol. The minimum absolute atomic E-state index is 0.102. The molecule has 1 aromatic carbocycles. The molecule has 1 saturated carbocycles. The second-order valence-electron chi connectivity index (χ2n) is 6.36. The summed E-state index contributed by atoms with van der Waals surface area (Å²) in [7, 11) is 0. The van der Waals surface area contributed by atoms with E-state index in [1.165, 1.54) is 19.3 Å². The maximum Gasteiger partial charge on any atom is 0.229 e. The van der Waals surface area contributed by atoms with Crippen LogP contribution in [0.5, 0.6) is 0 Å². The van der Waals surface area contributed by atoms with Crippen molar-refractivity contribution in [3.8, 4) is 0 Å². The number of halogens is 2. The lowest BCUT2D eigenvalue weighted by molar-refractivity contribution is -0.130. The number of carbonyl (C=O) groups is 2. The normalized spacial score (nSPS) is 22.4.